The third kappa shape index (κ3) is 3.09. The predicted molar refractivity (Wildman–Crippen MR) is 112 cm³/mol. The molecule has 0 aliphatic carbocycles. The Bertz CT molecular complexity index is 1360. The van der Waals surface area contributed by atoms with E-state index >= 15 is 0 Å². The molecule has 0 fully saturated rings. The molecule has 6 nitrogen and oxygen atoms in total. The smallest absolute Gasteiger partial charge is 0.219 e. The van der Waals surface area contributed by atoms with E-state index in [1.165, 1.54) is 0 Å². The second-order valence-electron chi connectivity index (χ2n) is 6.86. The number of fused-ring (bicyclic) bond motifs is 1. The van der Waals surface area contributed by atoms with Gasteiger partial charge in [-0.15, -0.1) is 0 Å². The first kappa shape index (κ1) is 17.7. The van der Waals surface area contributed by atoms with Crippen molar-refractivity contribution in [2.75, 3.05) is 0 Å². The number of aromatic hydroxyl groups is 1. The molecule has 0 aliphatic heterocycles. The first-order valence-corrected chi connectivity index (χ1v) is 9.42. The zero-order valence-electron chi connectivity index (χ0n) is 15.9. The Hall–Kier alpha value is -4.37. The van der Waals surface area contributed by atoms with Crippen LogP contribution >= 0.6 is 0 Å². The molecule has 30 heavy (non-hydrogen) atoms. The Morgan fingerprint density at radius 2 is 1.73 bits per heavy atom. The molecule has 0 atom stereocenters. The highest BCUT2D eigenvalue weighted by molar-refractivity contribution is 5.78. The molecule has 1 N–H and O–H groups in total. The van der Waals surface area contributed by atoms with Gasteiger partial charge in [0.1, 0.15) is 17.1 Å². The summed E-state index contributed by atoms with van der Waals surface area (Å²) in [5, 5.41) is 20.0. The molecular weight excluding hydrogens is 376 g/mol. The lowest BCUT2D eigenvalue weighted by Gasteiger charge is -2.08. The topological polar surface area (TPSA) is 87.4 Å². The molecule has 6 heteroatoms. The number of hydrogen-bond acceptors (Lipinski definition) is 5. The van der Waals surface area contributed by atoms with Gasteiger partial charge >= 0.3 is 0 Å². The monoisotopic (exact) mass is 392 g/mol. The molecule has 5 rings (SSSR count). The molecule has 0 unspecified atom stereocenters. The molecule has 0 spiro atoms. The van der Waals surface area contributed by atoms with Gasteiger partial charge in [0.15, 0.2) is 5.65 Å². The third-order valence-corrected chi connectivity index (χ3v) is 4.93. The van der Waals surface area contributed by atoms with Crippen molar-refractivity contribution in [3.63, 3.8) is 0 Å². The molecule has 3 heterocycles. The van der Waals surface area contributed by atoms with E-state index in [2.05, 4.69) is 11.1 Å². The van der Waals surface area contributed by atoms with Crippen LogP contribution in [-0.4, -0.2) is 19.5 Å². The van der Waals surface area contributed by atoms with Crippen LogP contribution in [-0.2, 0) is 6.42 Å². The molecule has 2 aromatic carbocycles. The quantitative estimate of drug-likeness (QED) is 0.474. The normalized spacial score (nSPS) is 10.9. The van der Waals surface area contributed by atoms with Gasteiger partial charge in [0, 0.05) is 17.3 Å². The van der Waals surface area contributed by atoms with Gasteiger partial charge in [-0.1, -0.05) is 42.5 Å². The van der Waals surface area contributed by atoms with E-state index in [9.17, 15) is 5.11 Å². The number of imidazole rings is 1. The highest BCUT2D eigenvalue weighted by Gasteiger charge is 2.19. The maximum Gasteiger partial charge on any atom is 0.219 e. The van der Waals surface area contributed by atoms with E-state index < -0.39 is 0 Å². The van der Waals surface area contributed by atoms with Gasteiger partial charge in [0.25, 0.3) is 0 Å². The van der Waals surface area contributed by atoms with Crippen LogP contribution in [0.15, 0.2) is 83.6 Å². The molecule has 0 amide bonds. The molecule has 144 valence electrons. The Labute approximate surface area is 172 Å². The first-order chi connectivity index (χ1) is 14.7. The third-order valence-electron chi connectivity index (χ3n) is 4.93. The highest BCUT2D eigenvalue weighted by atomic mass is 16.3. The van der Waals surface area contributed by atoms with Crippen molar-refractivity contribution in [2.45, 2.75) is 6.42 Å². The van der Waals surface area contributed by atoms with Gasteiger partial charge < -0.3 is 9.52 Å². The lowest BCUT2D eigenvalue weighted by atomic mass is 10.1. The SMILES string of the molecule is N#Cc1ccc(-c2nc(-c3ccccc3)cn3c(O)c(Cc4ccco4)nc23)cc1. The van der Waals surface area contributed by atoms with Crippen molar-refractivity contribution in [1.82, 2.24) is 14.4 Å². The lowest BCUT2D eigenvalue weighted by Crippen LogP contribution is -1.96. The lowest BCUT2D eigenvalue weighted by molar-refractivity contribution is 0.438. The molecule has 0 saturated carbocycles. The van der Waals surface area contributed by atoms with Crippen LogP contribution in [0, 0.1) is 11.3 Å². The number of aromatic nitrogens is 3. The first-order valence-electron chi connectivity index (χ1n) is 9.42. The summed E-state index contributed by atoms with van der Waals surface area (Å²) in [6, 6.07) is 22.7. The zero-order valence-corrected chi connectivity index (χ0v) is 15.9. The highest BCUT2D eigenvalue weighted by Crippen LogP contribution is 2.31. The van der Waals surface area contributed by atoms with Crippen molar-refractivity contribution in [3.05, 3.63) is 96.2 Å². The Morgan fingerprint density at radius 1 is 0.933 bits per heavy atom. The number of rotatable bonds is 4. The van der Waals surface area contributed by atoms with Crippen LogP contribution in [0.5, 0.6) is 5.88 Å². The fraction of sp³-hybridized carbons (Fsp3) is 0.0417. The minimum Gasteiger partial charge on any atom is -0.493 e. The predicted octanol–water partition coefficient (Wildman–Crippen LogP) is 4.82. The minimum atomic E-state index is 0.0517. The van der Waals surface area contributed by atoms with Gasteiger partial charge in [-0.05, 0) is 24.3 Å². The summed E-state index contributed by atoms with van der Waals surface area (Å²) < 4.78 is 7.07. The van der Waals surface area contributed by atoms with E-state index in [1.807, 2.05) is 48.5 Å². The average Bonchev–Trinajstić information content (AvgIpc) is 3.42. The largest absolute Gasteiger partial charge is 0.493 e. The molecule has 0 saturated heterocycles. The van der Waals surface area contributed by atoms with Crippen molar-refractivity contribution in [2.24, 2.45) is 0 Å². The zero-order chi connectivity index (χ0) is 20.5. The van der Waals surface area contributed by atoms with E-state index in [-0.39, 0.29) is 5.88 Å². The molecule has 0 radical (unpaired) electrons. The summed E-state index contributed by atoms with van der Waals surface area (Å²) in [6.07, 6.45) is 3.75. The fourth-order valence-corrected chi connectivity index (χ4v) is 3.42. The number of nitriles is 1. The maximum atomic E-state index is 10.9. The Balaban J connectivity index is 1.73. The van der Waals surface area contributed by atoms with Gasteiger partial charge in [-0.3, -0.25) is 4.40 Å². The van der Waals surface area contributed by atoms with Crippen molar-refractivity contribution in [1.29, 1.82) is 5.26 Å². The number of nitrogens with zero attached hydrogens (tertiary/aromatic N) is 4. The summed E-state index contributed by atoms with van der Waals surface area (Å²) in [5.41, 5.74) is 4.69. The van der Waals surface area contributed by atoms with Crippen LogP contribution < -0.4 is 0 Å². The Morgan fingerprint density at radius 3 is 2.43 bits per heavy atom. The van der Waals surface area contributed by atoms with Crippen molar-refractivity contribution < 1.29 is 9.52 Å². The van der Waals surface area contributed by atoms with Gasteiger partial charge in [0.05, 0.1) is 30.0 Å². The second-order valence-corrected chi connectivity index (χ2v) is 6.86. The van der Waals surface area contributed by atoms with Crippen molar-refractivity contribution >= 4 is 5.65 Å². The van der Waals surface area contributed by atoms with Crippen LogP contribution in [0.3, 0.4) is 0 Å². The van der Waals surface area contributed by atoms with Crippen LogP contribution in [0.25, 0.3) is 28.2 Å². The number of furan rings is 1. The van der Waals surface area contributed by atoms with Gasteiger partial charge in [-0.25, -0.2) is 9.97 Å². The minimum absolute atomic E-state index is 0.0517. The maximum absolute atomic E-state index is 10.9. The summed E-state index contributed by atoms with van der Waals surface area (Å²) in [4.78, 5) is 9.51. The molecule has 5 aromatic rings. The molecule has 0 aliphatic rings. The van der Waals surface area contributed by atoms with Gasteiger partial charge in [-0.2, -0.15) is 5.26 Å². The Kier molecular flexibility index (Phi) is 4.26. The van der Waals surface area contributed by atoms with E-state index in [1.54, 1.807) is 35.1 Å². The van der Waals surface area contributed by atoms with E-state index in [0.717, 1.165) is 11.1 Å². The van der Waals surface area contributed by atoms with Crippen LogP contribution in [0.1, 0.15) is 17.0 Å². The fourth-order valence-electron chi connectivity index (χ4n) is 3.42. The van der Waals surface area contributed by atoms with Gasteiger partial charge in [0.2, 0.25) is 5.88 Å². The van der Waals surface area contributed by atoms with Crippen molar-refractivity contribution in [3.8, 4) is 34.5 Å². The molecule has 0 bridgehead atoms. The molecule has 3 aromatic heterocycles. The van der Waals surface area contributed by atoms with Crippen LogP contribution in [0.4, 0.5) is 0 Å². The van der Waals surface area contributed by atoms with E-state index in [4.69, 9.17) is 14.7 Å². The molecular formula is C24H16N4O2. The second kappa shape index (κ2) is 7.22. The summed E-state index contributed by atoms with van der Waals surface area (Å²) in [5.74, 6) is 0.765. The summed E-state index contributed by atoms with van der Waals surface area (Å²) in [6.45, 7) is 0. The van der Waals surface area contributed by atoms with Crippen LogP contribution in [0.2, 0.25) is 0 Å². The summed E-state index contributed by atoms with van der Waals surface area (Å²) >= 11 is 0. The number of benzene rings is 2. The number of hydrogen-bond donors (Lipinski definition) is 1. The summed E-state index contributed by atoms with van der Waals surface area (Å²) in [7, 11) is 0. The average molecular weight is 392 g/mol. The van der Waals surface area contributed by atoms with E-state index in [0.29, 0.717) is 40.5 Å². The standard InChI is InChI=1S/C24H16N4O2/c25-14-16-8-10-18(11-9-16)22-23-27-20(13-19-7-4-12-30-19)24(29)28(23)15-21(26-22)17-5-2-1-3-6-17/h1-12,15,29H,13H2.